The Hall–Kier alpha value is -2.13. The van der Waals surface area contributed by atoms with Gasteiger partial charge in [-0.1, -0.05) is 48.5 Å². The Kier molecular flexibility index (Phi) is 4.31. The number of carbonyl (C=O) groups is 1. The Morgan fingerprint density at radius 1 is 1.05 bits per heavy atom. The zero-order valence-corrected chi connectivity index (χ0v) is 12.0. The lowest BCUT2D eigenvalue weighted by atomic mass is 10.2. The highest BCUT2D eigenvalue weighted by Gasteiger charge is 2.23. The van der Waals surface area contributed by atoms with Crippen molar-refractivity contribution in [2.45, 2.75) is 19.0 Å². The van der Waals surface area contributed by atoms with Gasteiger partial charge in [-0.05, 0) is 24.1 Å². The molecule has 3 nitrogen and oxygen atoms in total. The number of nitrogens with zero attached hydrogens (tertiary/aromatic N) is 1. The summed E-state index contributed by atoms with van der Waals surface area (Å²) in [7, 11) is 0. The second kappa shape index (κ2) is 6.55. The first-order valence-corrected chi connectivity index (χ1v) is 7.43. The third-order valence-electron chi connectivity index (χ3n) is 3.89. The summed E-state index contributed by atoms with van der Waals surface area (Å²) in [5.41, 5.74) is 2.06. The van der Waals surface area contributed by atoms with Crippen LogP contribution >= 0.6 is 0 Å². The van der Waals surface area contributed by atoms with Crippen molar-refractivity contribution in [3.63, 3.8) is 0 Å². The van der Waals surface area contributed by atoms with E-state index >= 15 is 0 Å². The molecular formula is C18H20N2O. The van der Waals surface area contributed by atoms with Crippen LogP contribution < -0.4 is 5.32 Å². The summed E-state index contributed by atoms with van der Waals surface area (Å²) in [5.74, 6) is 0.0298. The first-order chi connectivity index (χ1) is 10.3. The third-order valence-corrected chi connectivity index (χ3v) is 3.89. The fourth-order valence-electron chi connectivity index (χ4n) is 2.79. The summed E-state index contributed by atoms with van der Waals surface area (Å²) in [4.78, 5) is 14.5. The maximum atomic E-state index is 12.1. The molecule has 1 aliphatic rings. The van der Waals surface area contributed by atoms with E-state index in [1.54, 1.807) is 0 Å². The van der Waals surface area contributed by atoms with Crippen LogP contribution in [0.1, 0.15) is 22.3 Å². The second-order valence-electron chi connectivity index (χ2n) is 5.55. The normalized spacial score (nSPS) is 18.6. The van der Waals surface area contributed by atoms with Crippen LogP contribution in [0.2, 0.25) is 0 Å². The molecule has 0 spiro atoms. The lowest BCUT2D eigenvalue weighted by Gasteiger charge is -2.16. The standard InChI is InChI=1S/C18H20N2O/c21-18(16-9-5-2-6-10-16)19-17-11-12-20(14-17)13-15-7-3-1-4-8-15/h1-10,17H,11-14H2,(H,19,21)/t17-/m0/s1. The molecule has 108 valence electrons. The molecule has 1 aliphatic heterocycles. The molecule has 1 amide bonds. The summed E-state index contributed by atoms with van der Waals surface area (Å²) in [6, 6.07) is 20.1. The predicted octanol–water partition coefficient (Wildman–Crippen LogP) is 2.69. The molecule has 0 saturated carbocycles. The smallest absolute Gasteiger partial charge is 0.251 e. The van der Waals surface area contributed by atoms with Crippen LogP contribution in [0.5, 0.6) is 0 Å². The van der Waals surface area contributed by atoms with Crippen LogP contribution in [0.15, 0.2) is 60.7 Å². The first-order valence-electron chi connectivity index (χ1n) is 7.43. The summed E-state index contributed by atoms with van der Waals surface area (Å²) < 4.78 is 0. The van der Waals surface area contributed by atoms with Gasteiger partial charge in [0.2, 0.25) is 0 Å². The van der Waals surface area contributed by atoms with Gasteiger partial charge in [-0.3, -0.25) is 9.69 Å². The molecule has 21 heavy (non-hydrogen) atoms. The highest BCUT2D eigenvalue weighted by atomic mass is 16.1. The molecule has 2 aromatic carbocycles. The van der Waals surface area contributed by atoms with Crippen molar-refractivity contribution >= 4 is 5.91 Å². The Morgan fingerprint density at radius 3 is 2.43 bits per heavy atom. The minimum atomic E-state index is 0.0298. The molecule has 1 fully saturated rings. The quantitative estimate of drug-likeness (QED) is 0.934. The predicted molar refractivity (Wildman–Crippen MR) is 84.0 cm³/mol. The van der Waals surface area contributed by atoms with Gasteiger partial charge in [0.1, 0.15) is 0 Å². The lowest BCUT2D eigenvalue weighted by molar-refractivity contribution is 0.0937. The number of likely N-dealkylation sites (tertiary alicyclic amines) is 1. The van der Waals surface area contributed by atoms with Crippen LogP contribution in [-0.4, -0.2) is 29.9 Å². The van der Waals surface area contributed by atoms with Gasteiger partial charge < -0.3 is 5.32 Å². The van der Waals surface area contributed by atoms with E-state index in [1.165, 1.54) is 5.56 Å². The Morgan fingerprint density at radius 2 is 1.71 bits per heavy atom. The van der Waals surface area contributed by atoms with Crippen LogP contribution in [0, 0.1) is 0 Å². The largest absolute Gasteiger partial charge is 0.348 e. The van der Waals surface area contributed by atoms with Gasteiger partial charge in [-0.25, -0.2) is 0 Å². The van der Waals surface area contributed by atoms with Gasteiger partial charge in [0.15, 0.2) is 0 Å². The van der Waals surface area contributed by atoms with Crippen LogP contribution in [0.25, 0.3) is 0 Å². The Bertz CT molecular complexity index is 583. The van der Waals surface area contributed by atoms with Gasteiger partial charge in [0, 0.05) is 31.2 Å². The molecule has 1 N–H and O–H groups in total. The maximum Gasteiger partial charge on any atom is 0.251 e. The summed E-state index contributed by atoms with van der Waals surface area (Å²) in [6.07, 6.45) is 1.02. The number of nitrogens with one attached hydrogen (secondary N) is 1. The van der Waals surface area contributed by atoms with Gasteiger partial charge >= 0.3 is 0 Å². The fraction of sp³-hybridized carbons (Fsp3) is 0.278. The number of amides is 1. The zero-order valence-electron chi connectivity index (χ0n) is 12.0. The van der Waals surface area contributed by atoms with Crippen LogP contribution in [0.4, 0.5) is 0 Å². The van der Waals surface area contributed by atoms with Crippen molar-refractivity contribution < 1.29 is 4.79 Å². The SMILES string of the molecule is O=C(N[C@H]1CCN(Cc2ccccc2)C1)c1ccccc1. The van der Waals surface area contributed by atoms with E-state index in [-0.39, 0.29) is 11.9 Å². The molecule has 0 radical (unpaired) electrons. The Balaban J connectivity index is 1.52. The molecule has 1 heterocycles. The van der Waals surface area contributed by atoms with Crippen molar-refractivity contribution in [1.82, 2.24) is 10.2 Å². The van der Waals surface area contributed by atoms with Crippen LogP contribution in [-0.2, 0) is 6.54 Å². The highest BCUT2D eigenvalue weighted by Crippen LogP contribution is 2.14. The summed E-state index contributed by atoms with van der Waals surface area (Å²) in [6.45, 7) is 2.92. The lowest BCUT2D eigenvalue weighted by Crippen LogP contribution is -2.36. The monoisotopic (exact) mass is 280 g/mol. The number of hydrogen-bond donors (Lipinski definition) is 1. The molecule has 0 aliphatic carbocycles. The van der Waals surface area contributed by atoms with Gasteiger partial charge in [-0.15, -0.1) is 0 Å². The maximum absolute atomic E-state index is 12.1. The summed E-state index contributed by atoms with van der Waals surface area (Å²) in [5, 5.41) is 3.13. The summed E-state index contributed by atoms with van der Waals surface area (Å²) >= 11 is 0. The molecule has 0 unspecified atom stereocenters. The molecule has 0 bridgehead atoms. The Labute approximate surface area is 125 Å². The van der Waals surface area contributed by atoms with Crippen molar-refractivity contribution in [3.05, 3.63) is 71.8 Å². The number of benzene rings is 2. The number of rotatable bonds is 4. The molecule has 1 atom stereocenters. The van der Waals surface area contributed by atoms with E-state index in [0.29, 0.717) is 0 Å². The second-order valence-corrected chi connectivity index (χ2v) is 5.55. The van der Waals surface area contributed by atoms with Crippen molar-refractivity contribution in [2.75, 3.05) is 13.1 Å². The molecule has 0 aromatic heterocycles. The molecule has 3 rings (SSSR count). The first kappa shape index (κ1) is 13.8. The van der Waals surface area contributed by atoms with E-state index in [2.05, 4.69) is 34.5 Å². The van der Waals surface area contributed by atoms with Gasteiger partial charge in [0.05, 0.1) is 0 Å². The van der Waals surface area contributed by atoms with Crippen molar-refractivity contribution in [3.8, 4) is 0 Å². The average Bonchev–Trinajstić information content (AvgIpc) is 2.96. The van der Waals surface area contributed by atoms with Crippen molar-refractivity contribution in [1.29, 1.82) is 0 Å². The van der Waals surface area contributed by atoms with E-state index in [4.69, 9.17) is 0 Å². The zero-order chi connectivity index (χ0) is 14.5. The molecular weight excluding hydrogens is 260 g/mol. The topological polar surface area (TPSA) is 32.3 Å². The number of hydrogen-bond acceptors (Lipinski definition) is 2. The van der Waals surface area contributed by atoms with E-state index in [0.717, 1.165) is 31.6 Å². The van der Waals surface area contributed by atoms with E-state index < -0.39 is 0 Å². The number of carbonyl (C=O) groups excluding carboxylic acids is 1. The minimum absolute atomic E-state index is 0.0298. The van der Waals surface area contributed by atoms with Gasteiger partial charge in [-0.2, -0.15) is 0 Å². The van der Waals surface area contributed by atoms with E-state index in [9.17, 15) is 4.79 Å². The van der Waals surface area contributed by atoms with Crippen molar-refractivity contribution in [2.24, 2.45) is 0 Å². The minimum Gasteiger partial charge on any atom is -0.348 e. The fourth-order valence-corrected chi connectivity index (χ4v) is 2.79. The molecule has 1 saturated heterocycles. The van der Waals surface area contributed by atoms with Gasteiger partial charge in [0.25, 0.3) is 5.91 Å². The third kappa shape index (κ3) is 3.70. The van der Waals surface area contributed by atoms with Crippen LogP contribution in [0.3, 0.4) is 0 Å². The molecule has 2 aromatic rings. The average molecular weight is 280 g/mol. The van der Waals surface area contributed by atoms with E-state index in [1.807, 2.05) is 36.4 Å². The highest BCUT2D eigenvalue weighted by molar-refractivity contribution is 5.94. The molecule has 3 heteroatoms.